The molecule has 17 heavy (non-hydrogen) atoms. The second-order valence-corrected chi connectivity index (χ2v) is 4.35. The number of anilines is 1. The van der Waals surface area contributed by atoms with Crippen LogP contribution in [0.4, 0.5) is 5.69 Å². The highest BCUT2D eigenvalue weighted by Gasteiger charge is 2.16. The number of carbonyl (C=O) groups excluding carboxylic acids is 1. The third-order valence-corrected chi connectivity index (χ3v) is 3.20. The lowest BCUT2D eigenvalue weighted by atomic mass is 10.1. The summed E-state index contributed by atoms with van der Waals surface area (Å²) >= 11 is 0. The summed E-state index contributed by atoms with van der Waals surface area (Å²) in [6.07, 6.45) is 0.948. The summed E-state index contributed by atoms with van der Waals surface area (Å²) < 4.78 is 0. The average molecular weight is 235 g/mol. The number of nitrogens with one attached hydrogen (secondary N) is 1. The number of aryl methyl sites for hydroxylation is 1. The molecule has 4 heteroatoms. The Labute approximate surface area is 103 Å². The van der Waals surface area contributed by atoms with Crippen molar-refractivity contribution in [3.8, 4) is 0 Å². The number of nitrogen functional groups attached to an aromatic ring is 1. The zero-order valence-corrected chi connectivity index (χ0v) is 10.9. The van der Waals surface area contributed by atoms with E-state index in [1.807, 2.05) is 33.0 Å². The highest BCUT2D eigenvalue weighted by atomic mass is 16.2. The maximum atomic E-state index is 12.2. The molecule has 0 aliphatic heterocycles. The van der Waals surface area contributed by atoms with Gasteiger partial charge in [0.1, 0.15) is 0 Å². The first-order chi connectivity index (χ1) is 8.01. The Morgan fingerprint density at radius 1 is 1.53 bits per heavy atom. The summed E-state index contributed by atoms with van der Waals surface area (Å²) in [6, 6.07) is 5.72. The minimum absolute atomic E-state index is 0.0472. The van der Waals surface area contributed by atoms with Crippen LogP contribution in [0.3, 0.4) is 0 Å². The van der Waals surface area contributed by atoms with Crippen molar-refractivity contribution in [2.75, 3.05) is 12.5 Å². The highest BCUT2D eigenvalue weighted by Crippen LogP contribution is 2.17. The lowest BCUT2D eigenvalue weighted by Gasteiger charge is -2.24. The van der Waals surface area contributed by atoms with Crippen molar-refractivity contribution in [1.82, 2.24) is 4.90 Å². The largest absolute Gasteiger partial charge is 0.339 e. The number of amides is 1. The van der Waals surface area contributed by atoms with E-state index in [0.717, 1.165) is 17.7 Å². The Morgan fingerprint density at radius 2 is 2.18 bits per heavy atom. The first kappa shape index (κ1) is 13.5. The fourth-order valence-electron chi connectivity index (χ4n) is 1.64. The number of hydrogen-bond donors (Lipinski definition) is 2. The SMILES string of the molecule is CCC(C)N(C)C(=O)c1ccc(NN)c(C)c1. The van der Waals surface area contributed by atoms with Gasteiger partial charge in [-0.2, -0.15) is 0 Å². The smallest absolute Gasteiger partial charge is 0.253 e. The van der Waals surface area contributed by atoms with Gasteiger partial charge >= 0.3 is 0 Å². The van der Waals surface area contributed by atoms with Gasteiger partial charge in [-0.25, -0.2) is 0 Å². The summed E-state index contributed by atoms with van der Waals surface area (Å²) in [5.74, 6) is 5.41. The van der Waals surface area contributed by atoms with E-state index in [1.54, 1.807) is 11.0 Å². The van der Waals surface area contributed by atoms with Crippen LogP contribution in [0.25, 0.3) is 0 Å². The van der Waals surface area contributed by atoms with Crippen LogP contribution in [0.2, 0.25) is 0 Å². The monoisotopic (exact) mass is 235 g/mol. The molecule has 0 saturated carbocycles. The number of hydrogen-bond acceptors (Lipinski definition) is 3. The number of nitrogens with zero attached hydrogens (tertiary/aromatic N) is 1. The topological polar surface area (TPSA) is 58.4 Å². The van der Waals surface area contributed by atoms with Crippen LogP contribution in [0.5, 0.6) is 0 Å². The molecular weight excluding hydrogens is 214 g/mol. The molecule has 0 radical (unpaired) electrons. The maximum Gasteiger partial charge on any atom is 0.253 e. The van der Waals surface area contributed by atoms with Gasteiger partial charge in [0.05, 0.1) is 5.69 Å². The van der Waals surface area contributed by atoms with Crippen LogP contribution < -0.4 is 11.3 Å². The molecule has 0 aliphatic carbocycles. The van der Waals surface area contributed by atoms with E-state index in [-0.39, 0.29) is 11.9 Å². The molecular formula is C13H21N3O. The average Bonchev–Trinajstić information content (AvgIpc) is 2.35. The van der Waals surface area contributed by atoms with Gasteiger partial charge in [-0.05, 0) is 44.0 Å². The van der Waals surface area contributed by atoms with Gasteiger partial charge in [0.15, 0.2) is 0 Å². The zero-order valence-electron chi connectivity index (χ0n) is 10.9. The van der Waals surface area contributed by atoms with Gasteiger partial charge in [0.25, 0.3) is 5.91 Å². The minimum Gasteiger partial charge on any atom is -0.339 e. The first-order valence-electron chi connectivity index (χ1n) is 5.85. The number of rotatable bonds is 4. The molecule has 1 aromatic rings. The Kier molecular flexibility index (Phi) is 4.52. The fourth-order valence-corrected chi connectivity index (χ4v) is 1.64. The standard InChI is InChI=1S/C13H21N3O/c1-5-10(3)16(4)13(17)11-6-7-12(15-14)9(2)8-11/h6-8,10,15H,5,14H2,1-4H3. The van der Waals surface area contributed by atoms with Crippen LogP contribution in [-0.4, -0.2) is 23.9 Å². The number of nitrogens with two attached hydrogens (primary N) is 1. The molecule has 1 aromatic carbocycles. The number of carbonyl (C=O) groups is 1. The van der Waals surface area contributed by atoms with Gasteiger partial charge in [0, 0.05) is 18.7 Å². The van der Waals surface area contributed by atoms with Crippen molar-refractivity contribution < 1.29 is 4.79 Å². The molecule has 0 aromatic heterocycles. The van der Waals surface area contributed by atoms with Crippen LogP contribution >= 0.6 is 0 Å². The lowest BCUT2D eigenvalue weighted by molar-refractivity contribution is 0.0740. The molecule has 1 amide bonds. The van der Waals surface area contributed by atoms with Crippen molar-refractivity contribution in [2.24, 2.45) is 5.84 Å². The van der Waals surface area contributed by atoms with E-state index in [0.29, 0.717) is 5.56 Å². The van der Waals surface area contributed by atoms with Gasteiger partial charge < -0.3 is 10.3 Å². The van der Waals surface area contributed by atoms with E-state index in [2.05, 4.69) is 12.3 Å². The first-order valence-corrected chi connectivity index (χ1v) is 5.85. The quantitative estimate of drug-likeness (QED) is 0.621. The summed E-state index contributed by atoms with van der Waals surface area (Å²) in [6.45, 7) is 6.04. The predicted octanol–water partition coefficient (Wildman–Crippen LogP) is 2.15. The summed E-state index contributed by atoms with van der Waals surface area (Å²) in [4.78, 5) is 13.9. The molecule has 0 saturated heterocycles. The van der Waals surface area contributed by atoms with E-state index in [4.69, 9.17) is 5.84 Å². The van der Waals surface area contributed by atoms with Crippen molar-refractivity contribution >= 4 is 11.6 Å². The van der Waals surface area contributed by atoms with E-state index in [1.165, 1.54) is 0 Å². The van der Waals surface area contributed by atoms with Gasteiger partial charge in [0.2, 0.25) is 0 Å². The zero-order chi connectivity index (χ0) is 13.0. The summed E-state index contributed by atoms with van der Waals surface area (Å²) in [5, 5.41) is 0. The molecule has 0 bridgehead atoms. The molecule has 1 rings (SSSR count). The van der Waals surface area contributed by atoms with Gasteiger partial charge in [-0.1, -0.05) is 6.92 Å². The Hall–Kier alpha value is -1.55. The van der Waals surface area contributed by atoms with Crippen LogP contribution in [0.1, 0.15) is 36.2 Å². The molecule has 0 aliphatic rings. The third kappa shape index (κ3) is 2.97. The normalized spacial score (nSPS) is 12.1. The van der Waals surface area contributed by atoms with E-state index < -0.39 is 0 Å². The minimum atomic E-state index is 0.0472. The molecule has 3 N–H and O–H groups in total. The van der Waals surface area contributed by atoms with Crippen molar-refractivity contribution in [3.05, 3.63) is 29.3 Å². The molecule has 0 heterocycles. The Morgan fingerprint density at radius 3 is 2.65 bits per heavy atom. The Balaban J connectivity index is 2.93. The summed E-state index contributed by atoms with van der Waals surface area (Å²) in [5.41, 5.74) is 5.11. The number of benzene rings is 1. The number of hydrazine groups is 1. The Bertz CT molecular complexity index is 404. The second-order valence-electron chi connectivity index (χ2n) is 4.35. The van der Waals surface area contributed by atoms with Gasteiger partial charge in [-0.15, -0.1) is 0 Å². The second kappa shape index (κ2) is 5.68. The molecule has 0 spiro atoms. The summed E-state index contributed by atoms with van der Waals surface area (Å²) in [7, 11) is 1.83. The maximum absolute atomic E-state index is 12.2. The van der Waals surface area contributed by atoms with Crippen molar-refractivity contribution in [1.29, 1.82) is 0 Å². The van der Waals surface area contributed by atoms with Crippen LogP contribution in [0, 0.1) is 6.92 Å². The van der Waals surface area contributed by atoms with E-state index in [9.17, 15) is 4.79 Å². The van der Waals surface area contributed by atoms with Crippen molar-refractivity contribution in [3.63, 3.8) is 0 Å². The predicted molar refractivity (Wildman–Crippen MR) is 70.8 cm³/mol. The molecule has 4 nitrogen and oxygen atoms in total. The van der Waals surface area contributed by atoms with E-state index >= 15 is 0 Å². The molecule has 94 valence electrons. The lowest BCUT2D eigenvalue weighted by Crippen LogP contribution is -2.34. The highest BCUT2D eigenvalue weighted by molar-refractivity contribution is 5.95. The van der Waals surface area contributed by atoms with Crippen molar-refractivity contribution in [2.45, 2.75) is 33.2 Å². The van der Waals surface area contributed by atoms with Gasteiger partial charge in [-0.3, -0.25) is 10.6 Å². The van der Waals surface area contributed by atoms with Crippen LogP contribution in [0.15, 0.2) is 18.2 Å². The van der Waals surface area contributed by atoms with Crippen LogP contribution in [-0.2, 0) is 0 Å². The molecule has 0 fully saturated rings. The third-order valence-electron chi connectivity index (χ3n) is 3.20. The molecule has 1 unspecified atom stereocenters. The molecule has 1 atom stereocenters. The fraction of sp³-hybridized carbons (Fsp3) is 0.462.